The third-order valence-corrected chi connectivity index (χ3v) is 5.57. The number of rotatable bonds is 11. The number of carbonyl (C=O) groups excluding carboxylic acids is 3. The van der Waals surface area contributed by atoms with E-state index in [0.717, 1.165) is 32.1 Å². The number of ether oxygens (including phenoxy) is 1. The maximum absolute atomic E-state index is 13.6. The van der Waals surface area contributed by atoms with Gasteiger partial charge in [-0.25, -0.2) is 4.79 Å². The van der Waals surface area contributed by atoms with E-state index < -0.39 is 29.7 Å². The predicted octanol–water partition coefficient (Wildman–Crippen LogP) is 3.55. The molecule has 0 spiro atoms. The maximum Gasteiger partial charge on any atom is 0.408 e. The molecule has 0 aromatic heterocycles. The van der Waals surface area contributed by atoms with Crippen molar-refractivity contribution in [2.45, 2.75) is 83.5 Å². The van der Waals surface area contributed by atoms with Crippen molar-refractivity contribution in [2.75, 3.05) is 12.3 Å². The number of benzene rings is 1. The second kappa shape index (κ2) is 12.2. The standard InChI is InChI=1S/C24H37N3O5S/c1-5-6-9-14-25-21(29)20(17-10-7-8-11-19(17)28)27(16-12-13-16)22(30)18(15-33)26-23(31)32-24(2,3)4/h7-8,10-11,16,18,20,28,33H,5-6,9,12-15H2,1-4H3,(H,25,29)(H,26,31). The molecule has 2 atom stereocenters. The van der Waals surface area contributed by atoms with Crippen molar-refractivity contribution in [3.63, 3.8) is 0 Å². The zero-order valence-electron chi connectivity index (χ0n) is 20.0. The number of thiol groups is 1. The van der Waals surface area contributed by atoms with Crippen LogP contribution in [0.2, 0.25) is 0 Å². The lowest BCUT2D eigenvalue weighted by Gasteiger charge is -2.34. The minimum Gasteiger partial charge on any atom is -0.508 e. The van der Waals surface area contributed by atoms with Gasteiger partial charge in [0, 0.05) is 23.9 Å². The molecule has 0 aliphatic heterocycles. The monoisotopic (exact) mass is 479 g/mol. The van der Waals surface area contributed by atoms with Crippen LogP contribution in [0.5, 0.6) is 5.75 Å². The quantitative estimate of drug-likeness (QED) is 0.287. The van der Waals surface area contributed by atoms with Crippen LogP contribution in [0, 0.1) is 0 Å². The highest BCUT2D eigenvalue weighted by Gasteiger charge is 2.44. The summed E-state index contributed by atoms with van der Waals surface area (Å²) in [5, 5.41) is 16.0. The summed E-state index contributed by atoms with van der Waals surface area (Å²) < 4.78 is 5.29. The molecule has 0 radical (unpaired) electrons. The second-order valence-corrected chi connectivity index (χ2v) is 9.68. The number of aromatic hydroxyl groups is 1. The van der Waals surface area contributed by atoms with Crippen molar-refractivity contribution < 1.29 is 24.2 Å². The van der Waals surface area contributed by atoms with E-state index >= 15 is 0 Å². The number of hydrogen-bond acceptors (Lipinski definition) is 6. The van der Waals surface area contributed by atoms with Gasteiger partial charge < -0.3 is 25.4 Å². The van der Waals surface area contributed by atoms with Crippen molar-refractivity contribution in [1.82, 2.24) is 15.5 Å². The van der Waals surface area contributed by atoms with Crippen LogP contribution in [-0.2, 0) is 14.3 Å². The molecule has 3 N–H and O–H groups in total. The highest BCUT2D eigenvalue weighted by atomic mass is 32.1. The Labute approximate surface area is 201 Å². The Hall–Kier alpha value is -2.42. The van der Waals surface area contributed by atoms with Gasteiger partial charge in [-0.3, -0.25) is 9.59 Å². The Morgan fingerprint density at radius 2 is 1.88 bits per heavy atom. The largest absolute Gasteiger partial charge is 0.508 e. The lowest BCUT2D eigenvalue weighted by atomic mass is 10.0. The van der Waals surface area contributed by atoms with Crippen LogP contribution in [0.1, 0.15) is 71.4 Å². The number of carbonyl (C=O) groups is 3. The van der Waals surface area contributed by atoms with E-state index in [2.05, 4.69) is 30.2 Å². The molecule has 2 rings (SSSR count). The Balaban J connectivity index is 2.32. The molecular formula is C24H37N3O5S. The number of unbranched alkanes of at least 4 members (excludes halogenated alkanes) is 2. The molecule has 1 aromatic carbocycles. The molecule has 3 amide bonds. The van der Waals surface area contributed by atoms with Crippen LogP contribution in [0.25, 0.3) is 0 Å². The summed E-state index contributed by atoms with van der Waals surface area (Å²) in [4.78, 5) is 40.7. The molecule has 184 valence electrons. The molecule has 0 bridgehead atoms. The van der Waals surface area contributed by atoms with Crippen LogP contribution >= 0.6 is 12.6 Å². The number of para-hydroxylation sites is 1. The molecule has 0 saturated heterocycles. The molecule has 33 heavy (non-hydrogen) atoms. The third kappa shape index (κ3) is 8.14. The Kier molecular flexibility index (Phi) is 9.88. The van der Waals surface area contributed by atoms with Gasteiger partial charge in [-0.05, 0) is 46.1 Å². The maximum atomic E-state index is 13.6. The number of phenolic OH excluding ortho intramolecular Hbond substituents is 1. The summed E-state index contributed by atoms with van der Waals surface area (Å²) in [6.45, 7) is 7.76. The van der Waals surface area contributed by atoms with E-state index in [9.17, 15) is 19.5 Å². The van der Waals surface area contributed by atoms with Gasteiger partial charge in [0.1, 0.15) is 23.4 Å². The van der Waals surface area contributed by atoms with E-state index in [0.29, 0.717) is 12.1 Å². The zero-order chi connectivity index (χ0) is 24.6. The fourth-order valence-corrected chi connectivity index (χ4v) is 3.75. The van der Waals surface area contributed by atoms with Gasteiger partial charge in [0.05, 0.1) is 0 Å². The summed E-state index contributed by atoms with van der Waals surface area (Å²) in [5.74, 6) is -0.821. The van der Waals surface area contributed by atoms with Gasteiger partial charge in [-0.2, -0.15) is 12.6 Å². The molecule has 1 aliphatic carbocycles. The average molecular weight is 480 g/mol. The minimum absolute atomic E-state index is 0.0346. The first-order valence-electron chi connectivity index (χ1n) is 11.6. The molecule has 1 saturated carbocycles. The first kappa shape index (κ1) is 26.8. The van der Waals surface area contributed by atoms with Gasteiger partial charge >= 0.3 is 6.09 Å². The van der Waals surface area contributed by atoms with Crippen LogP contribution < -0.4 is 10.6 Å². The van der Waals surface area contributed by atoms with Gasteiger partial charge in [-0.1, -0.05) is 38.0 Å². The van der Waals surface area contributed by atoms with Crippen LogP contribution in [0.3, 0.4) is 0 Å². The first-order chi connectivity index (χ1) is 15.6. The van der Waals surface area contributed by atoms with E-state index in [1.807, 2.05) is 0 Å². The van der Waals surface area contributed by atoms with Gasteiger partial charge in [0.15, 0.2) is 0 Å². The van der Waals surface area contributed by atoms with Crippen molar-refractivity contribution in [3.8, 4) is 5.75 Å². The lowest BCUT2D eigenvalue weighted by molar-refractivity contribution is -0.142. The molecule has 8 nitrogen and oxygen atoms in total. The molecule has 1 aliphatic rings. The average Bonchev–Trinajstić information content (AvgIpc) is 3.57. The molecular weight excluding hydrogens is 442 g/mol. The number of phenols is 1. The molecule has 2 unspecified atom stereocenters. The highest BCUT2D eigenvalue weighted by molar-refractivity contribution is 7.80. The van der Waals surface area contributed by atoms with Gasteiger partial charge in [0.2, 0.25) is 11.8 Å². The van der Waals surface area contributed by atoms with E-state index in [4.69, 9.17) is 4.74 Å². The van der Waals surface area contributed by atoms with Gasteiger partial charge in [-0.15, -0.1) is 0 Å². The second-order valence-electron chi connectivity index (χ2n) is 9.32. The summed E-state index contributed by atoms with van der Waals surface area (Å²) >= 11 is 4.26. The van der Waals surface area contributed by atoms with Crippen molar-refractivity contribution in [1.29, 1.82) is 0 Å². The third-order valence-electron chi connectivity index (χ3n) is 5.20. The fourth-order valence-electron chi connectivity index (χ4n) is 3.51. The SMILES string of the molecule is CCCCCNC(=O)C(c1ccccc1O)N(C(=O)C(CS)NC(=O)OC(C)(C)C)C1CC1. The first-order valence-corrected chi connectivity index (χ1v) is 12.2. The lowest BCUT2D eigenvalue weighted by Crippen LogP contribution is -2.54. The Morgan fingerprint density at radius 3 is 2.42 bits per heavy atom. The summed E-state index contributed by atoms with van der Waals surface area (Å²) in [7, 11) is 0. The number of nitrogens with zero attached hydrogens (tertiary/aromatic N) is 1. The van der Waals surface area contributed by atoms with E-state index in [-0.39, 0.29) is 23.5 Å². The van der Waals surface area contributed by atoms with E-state index in [1.165, 1.54) is 11.0 Å². The summed E-state index contributed by atoms with van der Waals surface area (Å²) in [6, 6.07) is 4.37. The predicted molar refractivity (Wildman–Crippen MR) is 130 cm³/mol. The molecule has 1 fully saturated rings. The number of alkyl carbamates (subject to hydrolysis) is 1. The van der Waals surface area contributed by atoms with Crippen LogP contribution in [0.15, 0.2) is 24.3 Å². The summed E-state index contributed by atoms with van der Waals surface area (Å²) in [6.07, 6.45) is 3.58. The summed E-state index contributed by atoms with van der Waals surface area (Å²) in [5.41, 5.74) is -0.373. The highest BCUT2D eigenvalue weighted by Crippen LogP contribution is 2.38. The molecule has 9 heteroatoms. The van der Waals surface area contributed by atoms with Crippen LogP contribution in [0.4, 0.5) is 4.79 Å². The molecule has 0 heterocycles. The Morgan fingerprint density at radius 1 is 1.21 bits per heavy atom. The zero-order valence-corrected chi connectivity index (χ0v) is 20.9. The number of nitrogens with one attached hydrogen (secondary N) is 2. The normalized spacial score (nSPS) is 15.3. The Bertz CT molecular complexity index is 823. The van der Waals surface area contributed by atoms with Crippen molar-refractivity contribution >= 4 is 30.5 Å². The van der Waals surface area contributed by atoms with E-state index in [1.54, 1.807) is 39.0 Å². The number of amides is 3. The molecule has 1 aromatic rings. The minimum atomic E-state index is -1.02. The van der Waals surface area contributed by atoms with Crippen LogP contribution in [-0.4, -0.2) is 57.9 Å². The van der Waals surface area contributed by atoms with Crippen molar-refractivity contribution in [3.05, 3.63) is 29.8 Å². The fraction of sp³-hybridized carbons (Fsp3) is 0.625. The number of hydrogen-bond donors (Lipinski definition) is 4. The van der Waals surface area contributed by atoms with Gasteiger partial charge in [0.25, 0.3) is 0 Å². The van der Waals surface area contributed by atoms with Crippen molar-refractivity contribution in [2.24, 2.45) is 0 Å². The smallest absolute Gasteiger partial charge is 0.408 e. The topological polar surface area (TPSA) is 108 Å².